The van der Waals surface area contributed by atoms with Gasteiger partial charge in [0.1, 0.15) is 0 Å². The zero-order chi connectivity index (χ0) is 25.1. The third-order valence-corrected chi connectivity index (χ3v) is 8.08. The van der Waals surface area contributed by atoms with Crippen molar-refractivity contribution in [3.8, 4) is 0 Å². The van der Waals surface area contributed by atoms with Crippen molar-refractivity contribution in [1.29, 1.82) is 0 Å². The van der Waals surface area contributed by atoms with Crippen LogP contribution in [0.4, 0.5) is 0 Å². The Morgan fingerprint density at radius 2 is 1.09 bits per heavy atom. The Morgan fingerprint density at radius 1 is 0.629 bits per heavy atom. The molecule has 0 N–H and O–H groups in total. The molecule has 1 aromatic heterocycles. The first-order chi connectivity index (χ1) is 17.3. The van der Waals surface area contributed by atoms with Gasteiger partial charge >= 0.3 is 5.97 Å². The molecule has 0 aliphatic heterocycles. The standard InChI is InChI=1S/C32H58O2S/c1-2-3-4-5-6-18-21-24-29-34-32(33)28-23-20-17-15-13-11-9-7-8-10-12-14-16-19-22-26-31-27-25-30-35-31/h25,27,30H,2-24,26,28-29H2,1H3. The molecule has 0 saturated heterocycles. The van der Waals surface area contributed by atoms with Crippen LogP contribution in [-0.2, 0) is 16.0 Å². The summed E-state index contributed by atoms with van der Waals surface area (Å²) in [6.07, 6.45) is 32.5. The first-order valence-electron chi connectivity index (χ1n) is 15.5. The van der Waals surface area contributed by atoms with E-state index in [1.165, 1.54) is 141 Å². The summed E-state index contributed by atoms with van der Waals surface area (Å²) in [6, 6.07) is 4.43. The molecule has 0 aromatic carbocycles. The van der Waals surface area contributed by atoms with E-state index in [0.29, 0.717) is 13.0 Å². The molecule has 0 radical (unpaired) electrons. The van der Waals surface area contributed by atoms with Gasteiger partial charge in [0.05, 0.1) is 6.61 Å². The third-order valence-electron chi connectivity index (χ3n) is 7.15. The molecule has 0 fully saturated rings. The summed E-state index contributed by atoms with van der Waals surface area (Å²) in [5.74, 6) is 0.0197. The van der Waals surface area contributed by atoms with Crippen LogP contribution in [0.1, 0.15) is 166 Å². The molecule has 1 aromatic rings. The lowest BCUT2D eigenvalue weighted by molar-refractivity contribution is -0.143. The first-order valence-corrected chi connectivity index (χ1v) is 16.4. The van der Waals surface area contributed by atoms with E-state index in [0.717, 1.165) is 12.8 Å². The number of rotatable bonds is 27. The number of carbonyl (C=O) groups excluding carboxylic acids is 1. The van der Waals surface area contributed by atoms with Crippen molar-refractivity contribution in [2.45, 2.75) is 167 Å². The molecule has 0 saturated carbocycles. The van der Waals surface area contributed by atoms with E-state index in [-0.39, 0.29) is 5.97 Å². The summed E-state index contributed by atoms with van der Waals surface area (Å²) < 4.78 is 5.39. The smallest absolute Gasteiger partial charge is 0.305 e. The van der Waals surface area contributed by atoms with Crippen molar-refractivity contribution in [2.75, 3.05) is 6.61 Å². The van der Waals surface area contributed by atoms with E-state index < -0.39 is 0 Å². The van der Waals surface area contributed by atoms with E-state index >= 15 is 0 Å². The van der Waals surface area contributed by atoms with Gasteiger partial charge in [-0.1, -0.05) is 141 Å². The summed E-state index contributed by atoms with van der Waals surface area (Å²) in [6.45, 7) is 2.89. The molecule has 0 atom stereocenters. The van der Waals surface area contributed by atoms with Crippen molar-refractivity contribution < 1.29 is 9.53 Å². The highest BCUT2D eigenvalue weighted by Crippen LogP contribution is 2.16. The second-order valence-corrected chi connectivity index (χ2v) is 11.6. The van der Waals surface area contributed by atoms with E-state index in [1.54, 1.807) is 4.88 Å². The average Bonchev–Trinajstić information content (AvgIpc) is 3.38. The van der Waals surface area contributed by atoms with Crippen LogP contribution in [0, 0.1) is 0 Å². The minimum absolute atomic E-state index is 0.0197. The van der Waals surface area contributed by atoms with Crippen LogP contribution in [0.3, 0.4) is 0 Å². The largest absolute Gasteiger partial charge is 0.466 e. The molecule has 1 rings (SSSR count). The van der Waals surface area contributed by atoms with Crippen LogP contribution in [0.5, 0.6) is 0 Å². The summed E-state index contributed by atoms with van der Waals surface area (Å²) in [7, 11) is 0. The fraction of sp³-hybridized carbons (Fsp3) is 0.844. The normalized spacial score (nSPS) is 11.2. The number of aryl methyl sites for hydroxylation is 1. The minimum Gasteiger partial charge on any atom is -0.466 e. The Hall–Kier alpha value is -0.830. The van der Waals surface area contributed by atoms with Crippen molar-refractivity contribution in [3.05, 3.63) is 22.4 Å². The highest BCUT2D eigenvalue weighted by Gasteiger charge is 2.02. The molecule has 0 aliphatic carbocycles. The van der Waals surface area contributed by atoms with Crippen LogP contribution in [0.2, 0.25) is 0 Å². The average molecular weight is 507 g/mol. The van der Waals surface area contributed by atoms with Gasteiger partial charge in [-0.3, -0.25) is 4.79 Å². The van der Waals surface area contributed by atoms with Crippen molar-refractivity contribution in [2.24, 2.45) is 0 Å². The molecule has 3 heteroatoms. The number of esters is 1. The zero-order valence-corrected chi connectivity index (χ0v) is 24.2. The van der Waals surface area contributed by atoms with Crippen LogP contribution in [0.25, 0.3) is 0 Å². The van der Waals surface area contributed by atoms with Gasteiger partial charge < -0.3 is 4.74 Å². The number of carbonyl (C=O) groups is 1. The van der Waals surface area contributed by atoms with Gasteiger partial charge in [0.25, 0.3) is 0 Å². The van der Waals surface area contributed by atoms with Gasteiger partial charge in [-0.2, -0.15) is 0 Å². The maximum Gasteiger partial charge on any atom is 0.305 e. The highest BCUT2D eigenvalue weighted by molar-refractivity contribution is 7.09. The van der Waals surface area contributed by atoms with E-state index in [2.05, 4.69) is 24.4 Å². The summed E-state index contributed by atoms with van der Waals surface area (Å²) in [4.78, 5) is 13.4. The molecular weight excluding hydrogens is 448 g/mol. The van der Waals surface area contributed by atoms with Crippen LogP contribution in [0.15, 0.2) is 17.5 Å². The Balaban J connectivity index is 1.68. The molecule has 204 valence electrons. The lowest BCUT2D eigenvalue weighted by Gasteiger charge is -2.05. The molecular formula is C32H58O2S. The Labute approximate surface area is 223 Å². The quantitative estimate of drug-likeness (QED) is 0.0875. The van der Waals surface area contributed by atoms with Gasteiger partial charge in [-0.15, -0.1) is 11.3 Å². The van der Waals surface area contributed by atoms with Crippen molar-refractivity contribution in [1.82, 2.24) is 0 Å². The SMILES string of the molecule is CCCCCCCCCCOC(=O)CCCCCCCCCCCCCCCCCc1cccs1. The van der Waals surface area contributed by atoms with E-state index in [4.69, 9.17) is 4.74 Å². The predicted octanol–water partition coefficient (Wildman–Crippen LogP) is 11.2. The second-order valence-electron chi connectivity index (χ2n) is 10.6. The van der Waals surface area contributed by atoms with Gasteiger partial charge in [-0.25, -0.2) is 0 Å². The number of unbranched alkanes of at least 4 members (excludes halogenated alkanes) is 21. The van der Waals surface area contributed by atoms with Crippen LogP contribution in [-0.4, -0.2) is 12.6 Å². The van der Waals surface area contributed by atoms with E-state index in [1.807, 2.05) is 11.3 Å². The molecule has 0 bridgehead atoms. The molecule has 0 amide bonds. The van der Waals surface area contributed by atoms with Gasteiger partial charge in [0, 0.05) is 11.3 Å². The van der Waals surface area contributed by atoms with E-state index in [9.17, 15) is 4.79 Å². The Bertz CT molecular complexity index is 540. The summed E-state index contributed by atoms with van der Waals surface area (Å²) in [5, 5.41) is 2.19. The van der Waals surface area contributed by atoms with Gasteiger partial charge in [0.2, 0.25) is 0 Å². The molecule has 0 unspecified atom stereocenters. The van der Waals surface area contributed by atoms with Gasteiger partial charge in [0.15, 0.2) is 0 Å². The number of hydrogen-bond donors (Lipinski definition) is 0. The lowest BCUT2D eigenvalue weighted by atomic mass is 10.0. The third kappa shape index (κ3) is 23.3. The predicted molar refractivity (Wildman–Crippen MR) is 155 cm³/mol. The number of ether oxygens (including phenoxy) is 1. The molecule has 2 nitrogen and oxygen atoms in total. The monoisotopic (exact) mass is 506 g/mol. The second kappa shape index (κ2) is 26.2. The lowest BCUT2D eigenvalue weighted by Crippen LogP contribution is -2.05. The van der Waals surface area contributed by atoms with Crippen LogP contribution >= 0.6 is 11.3 Å². The molecule has 0 spiro atoms. The zero-order valence-electron chi connectivity index (χ0n) is 23.3. The summed E-state index contributed by atoms with van der Waals surface area (Å²) in [5.41, 5.74) is 0. The Morgan fingerprint density at radius 3 is 1.57 bits per heavy atom. The fourth-order valence-electron chi connectivity index (χ4n) is 4.82. The van der Waals surface area contributed by atoms with Crippen LogP contribution < -0.4 is 0 Å². The maximum absolute atomic E-state index is 11.8. The highest BCUT2D eigenvalue weighted by atomic mass is 32.1. The number of thiophene rings is 1. The minimum atomic E-state index is 0.0197. The Kier molecular flexibility index (Phi) is 24.1. The topological polar surface area (TPSA) is 26.3 Å². The number of hydrogen-bond acceptors (Lipinski definition) is 3. The fourth-order valence-corrected chi connectivity index (χ4v) is 5.57. The van der Waals surface area contributed by atoms with Gasteiger partial charge in [-0.05, 0) is 37.1 Å². The molecule has 35 heavy (non-hydrogen) atoms. The van der Waals surface area contributed by atoms with Crippen molar-refractivity contribution >= 4 is 17.3 Å². The first kappa shape index (κ1) is 32.2. The maximum atomic E-state index is 11.8. The van der Waals surface area contributed by atoms with Crippen molar-refractivity contribution in [3.63, 3.8) is 0 Å². The summed E-state index contributed by atoms with van der Waals surface area (Å²) >= 11 is 1.90. The molecule has 0 aliphatic rings. The molecule has 1 heterocycles.